The number of phenolic OH excluding ortho intramolecular Hbond substituents is 1. The van der Waals surface area contributed by atoms with Gasteiger partial charge in [-0.25, -0.2) is 4.39 Å². The molecule has 0 aliphatic carbocycles. The molecule has 1 amide bonds. The third kappa shape index (κ3) is 4.45. The maximum Gasteiger partial charge on any atom is 0.246 e. The van der Waals surface area contributed by atoms with Crippen molar-refractivity contribution in [2.75, 3.05) is 5.73 Å². The Morgan fingerprint density at radius 1 is 1.24 bits per heavy atom. The number of benzene rings is 1. The number of aromatic amines is 1. The highest BCUT2D eigenvalue weighted by Crippen LogP contribution is 2.37. The number of H-pyrrole nitrogens is 1. The molecule has 1 aromatic carbocycles. The zero-order valence-electron chi connectivity index (χ0n) is 16.2. The number of nitrogens with zero attached hydrogens (tertiary/aromatic N) is 1. The number of fused-ring (bicyclic) bond motifs is 2. The molecular formula is C22H27FN4O2. The van der Waals surface area contributed by atoms with E-state index in [1.54, 1.807) is 35.4 Å². The predicted molar refractivity (Wildman–Crippen MR) is 113 cm³/mol. The van der Waals surface area contributed by atoms with Crippen LogP contribution in [0.4, 0.5) is 10.2 Å². The van der Waals surface area contributed by atoms with Crippen LogP contribution in [0.25, 0.3) is 11.8 Å². The topological polar surface area (TPSA) is 108 Å². The second-order valence-corrected chi connectivity index (χ2v) is 7.31. The van der Waals surface area contributed by atoms with E-state index in [4.69, 9.17) is 11.5 Å². The lowest BCUT2D eigenvalue weighted by molar-refractivity contribution is -0.132. The van der Waals surface area contributed by atoms with Crippen LogP contribution in [0.15, 0.2) is 49.2 Å². The van der Waals surface area contributed by atoms with E-state index >= 15 is 0 Å². The summed E-state index contributed by atoms with van der Waals surface area (Å²) in [7, 11) is 0. The van der Waals surface area contributed by atoms with Gasteiger partial charge in [0.2, 0.25) is 5.91 Å². The van der Waals surface area contributed by atoms with Crippen LogP contribution in [-0.2, 0) is 4.79 Å². The van der Waals surface area contributed by atoms with Crippen molar-refractivity contribution in [3.63, 3.8) is 0 Å². The van der Waals surface area contributed by atoms with E-state index in [1.165, 1.54) is 6.08 Å². The number of piperidine rings is 1. The Kier molecular flexibility index (Phi) is 6.26. The molecule has 6 nitrogen and oxygen atoms in total. The minimum absolute atomic E-state index is 0.102. The van der Waals surface area contributed by atoms with E-state index in [-0.39, 0.29) is 23.7 Å². The smallest absolute Gasteiger partial charge is 0.246 e. The normalized spacial score (nSPS) is 23.3. The molecule has 2 saturated heterocycles. The number of anilines is 1. The van der Waals surface area contributed by atoms with Crippen LogP contribution in [0.1, 0.15) is 36.8 Å². The first kappa shape index (κ1) is 20.5. The number of para-hydroxylation sites is 1. The predicted octanol–water partition coefficient (Wildman–Crippen LogP) is 3.42. The van der Waals surface area contributed by atoms with Crippen molar-refractivity contribution in [1.29, 1.82) is 0 Å². The molecule has 154 valence electrons. The number of hydrogen-bond acceptors (Lipinski definition) is 4. The summed E-state index contributed by atoms with van der Waals surface area (Å²) >= 11 is 0. The third-order valence-electron chi connectivity index (χ3n) is 5.51. The lowest BCUT2D eigenvalue weighted by atomic mass is 10.0. The van der Waals surface area contributed by atoms with Crippen molar-refractivity contribution in [3.05, 3.63) is 60.3 Å². The van der Waals surface area contributed by atoms with Crippen LogP contribution in [0, 0.1) is 0 Å². The number of aromatic hydroxyl groups is 1. The quantitative estimate of drug-likeness (QED) is 0.594. The highest BCUT2D eigenvalue weighted by Gasteiger charge is 2.44. The molecule has 0 saturated carbocycles. The van der Waals surface area contributed by atoms with Gasteiger partial charge in [0.15, 0.2) is 0 Å². The number of alkyl halides is 1. The Labute approximate surface area is 169 Å². The largest absolute Gasteiger partial charge is 0.507 e. The summed E-state index contributed by atoms with van der Waals surface area (Å²) in [6, 6.07) is 8.85. The molecule has 2 fully saturated rings. The average Bonchev–Trinajstić information content (AvgIpc) is 3.27. The summed E-state index contributed by atoms with van der Waals surface area (Å²) in [5.74, 6) is 0.610. The molecule has 3 unspecified atom stereocenters. The van der Waals surface area contributed by atoms with Gasteiger partial charge in [-0.1, -0.05) is 18.7 Å². The summed E-state index contributed by atoms with van der Waals surface area (Å²) in [5, 5.41) is 9.62. The SMILES string of the molecule is C=CC(=O)N1C2CCC(F)C1CC2.N/C(=C\c1cc[nH]c1N)c1ccccc1O. The molecule has 3 atom stereocenters. The fourth-order valence-corrected chi connectivity index (χ4v) is 4.03. The van der Waals surface area contributed by atoms with Crippen LogP contribution in [0.3, 0.4) is 0 Å². The molecule has 4 rings (SSSR count). The van der Waals surface area contributed by atoms with Gasteiger partial charge >= 0.3 is 0 Å². The first-order chi connectivity index (χ1) is 13.9. The molecule has 6 N–H and O–H groups in total. The fraction of sp³-hybridized carbons (Fsp3) is 0.318. The maximum atomic E-state index is 13.4. The number of hydrogen-bond donors (Lipinski definition) is 4. The third-order valence-corrected chi connectivity index (χ3v) is 5.51. The Balaban J connectivity index is 0.000000169. The number of aromatic nitrogens is 1. The number of nitrogens with two attached hydrogens (primary N) is 2. The van der Waals surface area contributed by atoms with Crippen LogP contribution >= 0.6 is 0 Å². The highest BCUT2D eigenvalue weighted by molar-refractivity contribution is 5.88. The van der Waals surface area contributed by atoms with Gasteiger partial charge in [0.05, 0.1) is 6.04 Å². The average molecular weight is 398 g/mol. The zero-order valence-corrected chi connectivity index (χ0v) is 16.2. The van der Waals surface area contributed by atoms with Gasteiger partial charge in [0.1, 0.15) is 17.7 Å². The molecular weight excluding hydrogens is 371 g/mol. The summed E-state index contributed by atoms with van der Waals surface area (Å²) in [4.78, 5) is 16.0. The van der Waals surface area contributed by atoms with Crippen molar-refractivity contribution >= 4 is 23.5 Å². The second kappa shape index (κ2) is 8.86. The molecule has 0 radical (unpaired) electrons. The van der Waals surface area contributed by atoms with Crippen LogP contribution in [-0.4, -0.2) is 39.2 Å². The monoisotopic (exact) mass is 398 g/mol. The van der Waals surface area contributed by atoms with E-state index in [9.17, 15) is 14.3 Å². The first-order valence-electron chi connectivity index (χ1n) is 9.69. The summed E-state index contributed by atoms with van der Waals surface area (Å²) in [6.45, 7) is 3.44. The van der Waals surface area contributed by atoms with Gasteiger partial charge in [-0.2, -0.15) is 0 Å². The highest BCUT2D eigenvalue weighted by atomic mass is 19.1. The summed E-state index contributed by atoms with van der Waals surface area (Å²) < 4.78 is 13.4. The minimum Gasteiger partial charge on any atom is -0.507 e. The van der Waals surface area contributed by atoms with Crippen molar-refractivity contribution in [1.82, 2.24) is 9.88 Å². The Morgan fingerprint density at radius 3 is 2.62 bits per heavy atom. The number of nitrogens with one attached hydrogen (secondary N) is 1. The second-order valence-electron chi connectivity index (χ2n) is 7.31. The molecule has 2 aromatic rings. The summed E-state index contributed by atoms with van der Waals surface area (Å²) in [6.07, 6.45) is 7.16. The molecule has 2 aliphatic heterocycles. The standard InChI is InChI=1S/C12H13N3O.C10H14FNO/c13-10(7-8-5-6-15-12(8)14)9-3-1-2-4-11(9)16;1-2-10(13)12-7-3-5-8(11)9(12)6-4-7/h1-7,15-16H,13-14H2;2,7-9H,1,3-6H2/b10-7-;. The van der Waals surface area contributed by atoms with Crippen molar-refractivity contribution < 1.29 is 14.3 Å². The van der Waals surface area contributed by atoms with Crippen molar-refractivity contribution in [2.45, 2.75) is 43.9 Å². The molecule has 2 aliphatic rings. The van der Waals surface area contributed by atoms with Crippen molar-refractivity contribution in [3.8, 4) is 5.75 Å². The first-order valence-corrected chi connectivity index (χ1v) is 9.69. The van der Waals surface area contributed by atoms with Gasteiger partial charge in [0, 0.05) is 29.1 Å². The lowest BCUT2D eigenvalue weighted by Gasteiger charge is -2.36. The van der Waals surface area contributed by atoms with Crippen molar-refractivity contribution in [2.24, 2.45) is 5.73 Å². The van der Waals surface area contributed by atoms with E-state index in [0.717, 1.165) is 24.8 Å². The Morgan fingerprint density at radius 2 is 1.97 bits per heavy atom. The van der Waals surface area contributed by atoms with Gasteiger partial charge < -0.3 is 26.5 Å². The van der Waals surface area contributed by atoms with Gasteiger partial charge in [-0.05, 0) is 56.0 Å². The number of nitrogen functional groups attached to an aromatic ring is 1. The van der Waals surface area contributed by atoms with E-state index < -0.39 is 6.17 Å². The van der Waals surface area contributed by atoms with Gasteiger partial charge in [0.25, 0.3) is 0 Å². The number of phenols is 1. The maximum absolute atomic E-state index is 13.4. The molecule has 2 bridgehead atoms. The van der Waals surface area contributed by atoms with Gasteiger partial charge in [-0.3, -0.25) is 4.79 Å². The number of carbonyl (C=O) groups is 1. The Bertz CT molecular complexity index is 908. The number of rotatable bonds is 3. The molecule has 29 heavy (non-hydrogen) atoms. The number of amides is 1. The minimum atomic E-state index is -0.817. The van der Waals surface area contributed by atoms with Crippen LogP contribution < -0.4 is 11.5 Å². The fourth-order valence-electron chi connectivity index (χ4n) is 4.03. The summed E-state index contributed by atoms with van der Waals surface area (Å²) in [5.41, 5.74) is 13.5. The van der Waals surface area contributed by atoms with Crippen LogP contribution in [0.2, 0.25) is 0 Å². The van der Waals surface area contributed by atoms with E-state index in [1.807, 2.05) is 12.1 Å². The van der Waals surface area contributed by atoms with E-state index in [2.05, 4.69) is 11.6 Å². The molecule has 3 heterocycles. The molecule has 7 heteroatoms. The van der Waals surface area contributed by atoms with E-state index in [0.29, 0.717) is 23.5 Å². The number of halogens is 1. The van der Waals surface area contributed by atoms with Gasteiger partial charge in [-0.15, -0.1) is 0 Å². The van der Waals surface area contributed by atoms with Crippen LogP contribution in [0.5, 0.6) is 5.75 Å². The number of carbonyl (C=O) groups excluding carboxylic acids is 1. The molecule has 0 spiro atoms. The molecule has 1 aromatic heterocycles. The lowest BCUT2D eigenvalue weighted by Crippen LogP contribution is -2.48. The Hall–Kier alpha value is -3.22. The zero-order chi connectivity index (χ0) is 21.0.